The fraction of sp³-hybridized carbons (Fsp3) is 0.571. The lowest BCUT2D eigenvalue weighted by Gasteiger charge is -2.57. The first kappa shape index (κ1) is 23.9. The lowest BCUT2D eigenvalue weighted by molar-refractivity contribution is -0.137. The summed E-state index contributed by atoms with van der Waals surface area (Å²) in [5.41, 5.74) is 1.90. The van der Waals surface area contributed by atoms with Crippen LogP contribution in [0.15, 0.2) is 40.2 Å². The fourth-order valence-electron chi connectivity index (χ4n) is 7.87. The van der Waals surface area contributed by atoms with Gasteiger partial charge in [0.2, 0.25) is 6.79 Å². The van der Waals surface area contributed by atoms with Crippen LogP contribution in [-0.2, 0) is 19.1 Å². The van der Waals surface area contributed by atoms with E-state index in [0.717, 1.165) is 30.7 Å². The van der Waals surface area contributed by atoms with E-state index < -0.39 is 17.9 Å². The molecule has 0 amide bonds. The maximum atomic E-state index is 13.1. The van der Waals surface area contributed by atoms with E-state index in [4.69, 9.17) is 18.9 Å². The largest absolute Gasteiger partial charge is 0.466 e. The summed E-state index contributed by atoms with van der Waals surface area (Å²) in [5.74, 6) is 2.23. The molecule has 1 aromatic carbocycles. The molecule has 7 nitrogen and oxygen atoms in total. The van der Waals surface area contributed by atoms with Crippen LogP contribution in [0.3, 0.4) is 0 Å². The SMILES string of the molecule is COC(=O)C1=CN(CCC23CC4CC(CC(C4)C2)C3)C=C(C(=O)OC)C1c1cc2c(cc1Br)OCO2. The average Bonchev–Trinajstić information content (AvgIpc) is 3.32. The van der Waals surface area contributed by atoms with Crippen molar-refractivity contribution in [3.8, 4) is 11.5 Å². The highest BCUT2D eigenvalue weighted by molar-refractivity contribution is 9.10. The van der Waals surface area contributed by atoms with Gasteiger partial charge in [0, 0.05) is 23.4 Å². The summed E-state index contributed by atoms with van der Waals surface area (Å²) in [6, 6.07) is 3.62. The van der Waals surface area contributed by atoms with Crippen molar-refractivity contribution in [2.75, 3.05) is 27.6 Å². The number of carbonyl (C=O) groups excluding carboxylic acids is 2. The van der Waals surface area contributed by atoms with E-state index in [1.165, 1.54) is 52.7 Å². The van der Waals surface area contributed by atoms with Gasteiger partial charge in [-0.15, -0.1) is 0 Å². The van der Waals surface area contributed by atoms with Gasteiger partial charge in [0.25, 0.3) is 0 Å². The summed E-state index contributed by atoms with van der Waals surface area (Å²) in [6.45, 7) is 0.884. The number of hydrogen-bond donors (Lipinski definition) is 0. The molecule has 7 rings (SSSR count). The van der Waals surface area contributed by atoms with Crippen LogP contribution in [0.4, 0.5) is 0 Å². The molecule has 0 N–H and O–H groups in total. The minimum atomic E-state index is -0.662. The van der Waals surface area contributed by atoms with Gasteiger partial charge in [-0.05, 0) is 85.8 Å². The Morgan fingerprint density at radius 2 is 1.47 bits per heavy atom. The van der Waals surface area contributed by atoms with Crippen LogP contribution in [0.2, 0.25) is 0 Å². The van der Waals surface area contributed by atoms with Gasteiger partial charge in [-0.3, -0.25) is 0 Å². The summed E-state index contributed by atoms with van der Waals surface area (Å²) < 4.78 is 22.1. The molecule has 6 aliphatic rings. The van der Waals surface area contributed by atoms with E-state index in [1.807, 2.05) is 23.4 Å². The molecule has 8 heteroatoms. The zero-order valence-corrected chi connectivity index (χ0v) is 22.3. The van der Waals surface area contributed by atoms with Gasteiger partial charge in [0.1, 0.15) is 0 Å². The molecule has 2 heterocycles. The Kier molecular flexibility index (Phi) is 6.05. The van der Waals surface area contributed by atoms with Crippen molar-refractivity contribution in [3.63, 3.8) is 0 Å². The number of hydrogen-bond acceptors (Lipinski definition) is 7. The van der Waals surface area contributed by atoms with Gasteiger partial charge < -0.3 is 23.8 Å². The van der Waals surface area contributed by atoms with E-state index in [1.54, 1.807) is 6.07 Å². The number of nitrogens with zero attached hydrogens (tertiary/aromatic N) is 1. The first-order valence-corrected chi connectivity index (χ1v) is 13.6. The molecular weight excluding hydrogens is 526 g/mol. The lowest BCUT2D eigenvalue weighted by Crippen LogP contribution is -2.47. The van der Waals surface area contributed by atoms with Crippen LogP contribution in [0.25, 0.3) is 0 Å². The zero-order valence-electron chi connectivity index (χ0n) is 20.8. The van der Waals surface area contributed by atoms with Crippen LogP contribution >= 0.6 is 15.9 Å². The molecule has 0 spiro atoms. The van der Waals surface area contributed by atoms with Crippen molar-refractivity contribution in [2.45, 2.75) is 50.9 Å². The van der Waals surface area contributed by atoms with Gasteiger partial charge >= 0.3 is 11.9 Å². The highest BCUT2D eigenvalue weighted by Crippen LogP contribution is 2.61. The van der Waals surface area contributed by atoms with Gasteiger partial charge in [-0.25, -0.2) is 9.59 Å². The van der Waals surface area contributed by atoms with Crippen molar-refractivity contribution in [1.29, 1.82) is 0 Å². The van der Waals surface area contributed by atoms with Gasteiger partial charge in [0.05, 0.1) is 31.3 Å². The second-order valence-corrected chi connectivity index (χ2v) is 12.1. The van der Waals surface area contributed by atoms with Gasteiger partial charge in [-0.1, -0.05) is 15.9 Å². The molecular formula is C28H32BrNO6. The first-order valence-electron chi connectivity index (χ1n) is 12.8. The highest BCUT2D eigenvalue weighted by Gasteiger charge is 2.50. The molecule has 36 heavy (non-hydrogen) atoms. The summed E-state index contributed by atoms with van der Waals surface area (Å²) in [7, 11) is 2.73. The third kappa shape index (κ3) is 4.11. The van der Waals surface area contributed by atoms with Crippen molar-refractivity contribution >= 4 is 27.9 Å². The van der Waals surface area contributed by atoms with E-state index in [-0.39, 0.29) is 6.79 Å². The average molecular weight is 558 g/mol. The predicted molar refractivity (Wildman–Crippen MR) is 135 cm³/mol. The van der Waals surface area contributed by atoms with E-state index >= 15 is 0 Å². The maximum absolute atomic E-state index is 13.1. The summed E-state index contributed by atoms with van der Waals surface area (Å²) >= 11 is 3.61. The van der Waals surface area contributed by atoms with Crippen LogP contribution in [0.5, 0.6) is 11.5 Å². The van der Waals surface area contributed by atoms with Crippen molar-refractivity contribution in [3.05, 3.63) is 45.7 Å². The Bertz CT molecular complexity index is 1090. The third-order valence-corrected chi connectivity index (χ3v) is 9.63. The topological polar surface area (TPSA) is 74.3 Å². The third-order valence-electron chi connectivity index (χ3n) is 8.94. The molecule has 4 fully saturated rings. The Morgan fingerprint density at radius 1 is 0.944 bits per heavy atom. The highest BCUT2D eigenvalue weighted by atomic mass is 79.9. The summed E-state index contributed by atoms with van der Waals surface area (Å²) in [5, 5.41) is 0. The molecule has 4 bridgehead atoms. The van der Waals surface area contributed by atoms with Crippen molar-refractivity contribution in [1.82, 2.24) is 4.90 Å². The monoisotopic (exact) mass is 557 g/mol. The Labute approximate surface area is 219 Å². The maximum Gasteiger partial charge on any atom is 0.336 e. The van der Waals surface area contributed by atoms with E-state index in [9.17, 15) is 9.59 Å². The quantitative estimate of drug-likeness (QED) is 0.439. The van der Waals surface area contributed by atoms with Crippen molar-refractivity contribution in [2.24, 2.45) is 23.2 Å². The number of ether oxygens (including phenoxy) is 4. The Balaban J connectivity index is 1.33. The second kappa shape index (κ2) is 9.12. The molecule has 4 saturated carbocycles. The van der Waals surface area contributed by atoms with Crippen LogP contribution in [0, 0.1) is 23.2 Å². The normalized spacial score (nSPS) is 30.2. The number of carbonyl (C=O) groups is 2. The smallest absolute Gasteiger partial charge is 0.336 e. The van der Waals surface area contributed by atoms with E-state index in [2.05, 4.69) is 15.9 Å². The van der Waals surface area contributed by atoms with Gasteiger partial charge in [-0.2, -0.15) is 0 Å². The van der Waals surface area contributed by atoms with Crippen LogP contribution in [-0.4, -0.2) is 44.4 Å². The predicted octanol–water partition coefficient (Wildman–Crippen LogP) is 5.30. The fourth-order valence-corrected chi connectivity index (χ4v) is 8.42. The lowest BCUT2D eigenvalue weighted by atomic mass is 9.49. The second-order valence-electron chi connectivity index (χ2n) is 11.2. The van der Waals surface area contributed by atoms with Crippen LogP contribution < -0.4 is 9.47 Å². The zero-order chi connectivity index (χ0) is 25.0. The number of benzene rings is 1. The Hall–Kier alpha value is -2.48. The number of methoxy groups -OCH3 is 2. The minimum absolute atomic E-state index is 0.132. The molecule has 0 radical (unpaired) electrons. The standard InChI is InChI=1S/C28H32BrNO6/c1-33-26(31)20-13-30(4-3-28-10-16-5-17(11-28)7-18(6-16)12-28)14-21(27(32)34-2)25(20)19-8-23-24(9-22(19)29)36-15-35-23/h8-9,13-14,16-18,25H,3-7,10-12,15H2,1-2H3. The van der Waals surface area contributed by atoms with Gasteiger partial charge in [0.15, 0.2) is 11.5 Å². The number of halogens is 1. The molecule has 4 aliphatic carbocycles. The molecule has 1 aromatic rings. The molecule has 2 aliphatic heterocycles. The van der Waals surface area contributed by atoms with E-state index in [0.29, 0.717) is 38.1 Å². The van der Waals surface area contributed by atoms with Crippen LogP contribution in [0.1, 0.15) is 56.4 Å². The summed E-state index contributed by atoms with van der Waals surface area (Å²) in [6.07, 6.45) is 12.9. The summed E-state index contributed by atoms with van der Waals surface area (Å²) in [4.78, 5) is 28.1. The minimum Gasteiger partial charge on any atom is -0.466 e. The van der Waals surface area contributed by atoms with Crippen molar-refractivity contribution < 1.29 is 28.5 Å². The number of esters is 2. The number of rotatable bonds is 6. The Morgan fingerprint density at radius 3 is 2.00 bits per heavy atom. The molecule has 0 saturated heterocycles. The molecule has 0 aromatic heterocycles. The molecule has 0 atom stereocenters. The molecule has 192 valence electrons. The number of fused-ring (bicyclic) bond motifs is 1. The first-order chi connectivity index (χ1) is 17.4. The molecule has 0 unspecified atom stereocenters.